The molecule has 1 aromatic carbocycles. The number of nitrogens with zero attached hydrogens (tertiary/aromatic N) is 4. The lowest BCUT2D eigenvalue weighted by atomic mass is 9.76. The summed E-state index contributed by atoms with van der Waals surface area (Å²) in [5.41, 5.74) is 6.79. The number of piperidine rings is 1. The van der Waals surface area contributed by atoms with E-state index in [9.17, 15) is 4.79 Å². The number of hydrogen-bond acceptors (Lipinski definition) is 5. The number of anilines is 1. The molecule has 0 saturated carbocycles. The number of aldehydes is 1. The highest BCUT2D eigenvalue weighted by Gasteiger charge is 2.34. The van der Waals surface area contributed by atoms with Crippen LogP contribution in [0.5, 0.6) is 0 Å². The Hall–Kier alpha value is -2.99. The van der Waals surface area contributed by atoms with Gasteiger partial charge in [0.1, 0.15) is 6.29 Å². The first-order valence-corrected chi connectivity index (χ1v) is 11.9. The highest BCUT2D eigenvalue weighted by molar-refractivity contribution is 5.81. The summed E-state index contributed by atoms with van der Waals surface area (Å²) in [5.74, 6) is 0. The standard InChI is InChI=1S/C27H35N5O/c1-20(2)32-18-24(16-30-32)22-5-7-23(8-6-22)25-17-29-15-21(3)26(25)31-13-10-27(19-33,11-14-31)9-12-28-4/h5-8,15-20,28H,9-14H2,1-4H3. The van der Waals surface area contributed by atoms with Gasteiger partial charge in [-0.15, -0.1) is 0 Å². The summed E-state index contributed by atoms with van der Waals surface area (Å²) < 4.78 is 1.98. The molecule has 2 aromatic heterocycles. The second kappa shape index (κ2) is 9.87. The number of pyridine rings is 1. The Morgan fingerprint density at radius 2 is 1.76 bits per heavy atom. The summed E-state index contributed by atoms with van der Waals surface area (Å²) in [5, 5.41) is 7.66. The van der Waals surface area contributed by atoms with Crippen LogP contribution in [0.1, 0.15) is 44.7 Å². The third-order valence-electron chi connectivity index (χ3n) is 6.96. The molecule has 0 radical (unpaired) electrons. The molecular weight excluding hydrogens is 410 g/mol. The van der Waals surface area contributed by atoms with Gasteiger partial charge in [0.25, 0.3) is 0 Å². The van der Waals surface area contributed by atoms with Gasteiger partial charge in [-0.1, -0.05) is 24.3 Å². The van der Waals surface area contributed by atoms with Gasteiger partial charge in [-0.05, 0) is 70.3 Å². The molecule has 1 aliphatic rings. The molecule has 0 aliphatic carbocycles. The Morgan fingerprint density at radius 1 is 1.06 bits per heavy atom. The molecule has 0 unspecified atom stereocenters. The van der Waals surface area contributed by atoms with Crippen molar-refractivity contribution in [1.82, 2.24) is 20.1 Å². The van der Waals surface area contributed by atoms with E-state index >= 15 is 0 Å². The van der Waals surface area contributed by atoms with E-state index in [4.69, 9.17) is 0 Å². The van der Waals surface area contributed by atoms with E-state index in [2.05, 4.69) is 71.5 Å². The molecule has 1 saturated heterocycles. The Balaban J connectivity index is 1.58. The number of aryl methyl sites for hydroxylation is 1. The van der Waals surface area contributed by atoms with Crippen molar-refractivity contribution in [3.63, 3.8) is 0 Å². The Labute approximate surface area is 197 Å². The van der Waals surface area contributed by atoms with Gasteiger partial charge in [-0.3, -0.25) is 9.67 Å². The molecule has 1 fully saturated rings. The summed E-state index contributed by atoms with van der Waals surface area (Å²) >= 11 is 0. The molecular formula is C27H35N5O. The Kier molecular flexibility index (Phi) is 6.94. The molecule has 1 N–H and O–H groups in total. The van der Waals surface area contributed by atoms with Crippen molar-refractivity contribution in [3.05, 3.63) is 54.6 Å². The van der Waals surface area contributed by atoms with Crippen LogP contribution in [0.3, 0.4) is 0 Å². The zero-order valence-corrected chi connectivity index (χ0v) is 20.2. The normalized spacial score (nSPS) is 15.7. The van der Waals surface area contributed by atoms with Gasteiger partial charge in [-0.2, -0.15) is 5.10 Å². The van der Waals surface area contributed by atoms with E-state index in [0.29, 0.717) is 6.04 Å². The van der Waals surface area contributed by atoms with Crippen molar-refractivity contribution in [1.29, 1.82) is 0 Å². The molecule has 6 heteroatoms. The van der Waals surface area contributed by atoms with Crippen molar-refractivity contribution < 1.29 is 4.79 Å². The molecule has 6 nitrogen and oxygen atoms in total. The number of benzene rings is 1. The summed E-state index contributed by atoms with van der Waals surface area (Å²) in [6.07, 6.45) is 11.8. The van der Waals surface area contributed by atoms with Gasteiger partial charge in [-0.25, -0.2) is 0 Å². The highest BCUT2D eigenvalue weighted by Crippen LogP contribution is 2.39. The number of nitrogens with one attached hydrogen (secondary N) is 1. The fraction of sp³-hybridized carbons (Fsp3) is 0.444. The van der Waals surface area contributed by atoms with E-state index in [1.165, 1.54) is 17.5 Å². The van der Waals surface area contributed by atoms with Gasteiger partial charge in [0.2, 0.25) is 0 Å². The minimum Gasteiger partial charge on any atom is -0.371 e. The van der Waals surface area contributed by atoms with E-state index < -0.39 is 0 Å². The molecule has 0 bridgehead atoms. The van der Waals surface area contributed by atoms with Crippen LogP contribution in [-0.2, 0) is 4.79 Å². The van der Waals surface area contributed by atoms with Crippen LogP contribution in [0, 0.1) is 12.3 Å². The first kappa shape index (κ1) is 23.2. The number of carbonyl (C=O) groups excluding carboxylic acids is 1. The molecule has 3 heterocycles. The third-order valence-corrected chi connectivity index (χ3v) is 6.96. The van der Waals surface area contributed by atoms with E-state index in [-0.39, 0.29) is 5.41 Å². The molecule has 0 atom stereocenters. The Bertz CT molecular complexity index is 1080. The first-order valence-electron chi connectivity index (χ1n) is 11.9. The molecule has 174 valence electrons. The summed E-state index contributed by atoms with van der Waals surface area (Å²) in [6.45, 7) is 9.03. The number of aromatic nitrogens is 3. The van der Waals surface area contributed by atoms with Crippen molar-refractivity contribution in [3.8, 4) is 22.3 Å². The molecule has 1 aliphatic heterocycles. The lowest BCUT2D eigenvalue weighted by Crippen LogP contribution is -2.42. The maximum atomic E-state index is 11.9. The molecule has 0 amide bonds. The fourth-order valence-corrected chi connectivity index (χ4v) is 4.78. The average Bonchev–Trinajstić information content (AvgIpc) is 3.34. The predicted octanol–water partition coefficient (Wildman–Crippen LogP) is 4.90. The predicted molar refractivity (Wildman–Crippen MR) is 135 cm³/mol. The molecule has 4 rings (SSSR count). The largest absolute Gasteiger partial charge is 0.371 e. The van der Waals surface area contributed by atoms with Crippen molar-refractivity contribution >= 4 is 12.0 Å². The quantitative estimate of drug-likeness (QED) is 0.500. The minimum absolute atomic E-state index is 0.206. The van der Waals surface area contributed by atoms with Gasteiger partial charge in [0, 0.05) is 54.3 Å². The maximum absolute atomic E-state index is 11.9. The monoisotopic (exact) mass is 445 g/mol. The van der Waals surface area contributed by atoms with Crippen LogP contribution in [-0.4, -0.2) is 47.7 Å². The first-order chi connectivity index (χ1) is 16.0. The summed E-state index contributed by atoms with van der Waals surface area (Å²) in [4.78, 5) is 18.9. The maximum Gasteiger partial charge on any atom is 0.126 e. The van der Waals surface area contributed by atoms with Crippen LogP contribution >= 0.6 is 0 Å². The zero-order valence-electron chi connectivity index (χ0n) is 20.2. The van der Waals surface area contributed by atoms with Crippen LogP contribution in [0.25, 0.3) is 22.3 Å². The number of rotatable bonds is 8. The van der Waals surface area contributed by atoms with Crippen molar-refractivity contribution in [2.45, 2.75) is 46.1 Å². The SMILES string of the molecule is CNCCC1(C=O)CCN(c2c(C)cncc2-c2ccc(-c3cnn(C(C)C)c3)cc2)CC1. The zero-order chi connectivity index (χ0) is 23.4. The summed E-state index contributed by atoms with van der Waals surface area (Å²) in [7, 11) is 1.95. The van der Waals surface area contributed by atoms with Crippen LogP contribution < -0.4 is 10.2 Å². The second-order valence-electron chi connectivity index (χ2n) is 9.55. The Morgan fingerprint density at radius 3 is 2.36 bits per heavy atom. The van der Waals surface area contributed by atoms with Gasteiger partial charge < -0.3 is 15.0 Å². The summed E-state index contributed by atoms with van der Waals surface area (Å²) in [6, 6.07) is 9.02. The minimum atomic E-state index is -0.206. The fourth-order valence-electron chi connectivity index (χ4n) is 4.78. The van der Waals surface area contributed by atoms with E-state index in [1.807, 2.05) is 30.3 Å². The number of carbonyl (C=O) groups is 1. The lowest BCUT2D eigenvalue weighted by molar-refractivity contribution is -0.117. The lowest BCUT2D eigenvalue weighted by Gasteiger charge is -2.40. The van der Waals surface area contributed by atoms with E-state index in [1.54, 1.807) is 0 Å². The molecule has 33 heavy (non-hydrogen) atoms. The average molecular weight is 446 g/mol. The molecule has 3 aromatic rings. The molecule has 0 spiro atoms. The second-order valence-corrected chi connectivity index (χ2v) is 9.55. The van der Waals surface area contributed by atoms with Gasteiger partial charge >= 0.3 is 0 Å². The van der Waals surface area contributed by atoms with Gasteiger partial charge in [0.15, 0.2) is 0 Å². The van der Waals surface area contributed by atoms with Crippen molar-refractivity contribution in [2.24, 2.45) is 5.41 Å². The third kappa shape index (κ3) is 4.86. The number of hydrogen-bond donors (Lipinski definition) is 1. The topological polar surface area (TPSA) is 63.1 Å². The highest BCUT2D eigenvalue weighted by atomic mass is 16.1. The van der Waals surface area contributed by atoms with Gasteiger partial charge in [0.05, 0.1) is 11.9 Å². The smallest absolute Gasteiger partial charge is 0.126 e. The van der Waals surface area contributed by atoms with E-state index in [0.717, 1.165) is 61.2 Å². The van der Waals surface area contributed by atoms with Crippen LogP contribution in [0.15, 0.2) is 49.1 Å². The van der Waals surface area contributed by atoms with Crippen LogP contribution in [0.4, 0.5) is 5.69 Å². The van der Waals surface area contributed by atoms with Crippen LogP contribution in [0.2, 0.25) is 0 Å². The van der Waals surface area contributed by atoms with Crippen molar-refractivity contribution in [2.75, 3.05) is 31.6 Å².